The molecule has 0 saturated carbocycles. The Labute approximate surface area is 129 Å². The normalized spacial score (nSPS) is 20.5. The lowest BCUT2D eigenvalue weighted by Crippen LogP contribution is -2.37. The van der Waals surface area contributed by atoms with E-state index in [0.717, 1.165) is 58.2 Å². The largest absolute Gasteiger partial charge is 0.317 e. The van der Waals surface area contributed by atoms with Crippen molar-refractivity contribution in [3.05, 3.63) is 12.2 Å². The second kappa shape index (κ2) is 7.88. The zero-order valence-corrected chi connectivity index (χ0v) is 13.5. The van der Waals surface area contributed by atoms with Crippen LogP contribution in [0.4, 0.5) is 0 Å². The van der Waals surface area contributed by atoms with Crippen LogP contribution in [0.1, 0.15) is 64.7 Å². The average molecular weight is 290 g/mol. The van der Waals surface area contributed by atoms with Gasteiger partial charge in [0.25, 0.3) is 0 Å². The summed E-state index contributed by atoms with van der Waals surface area (Å²) in [6.45, 7) is 9.48. The monoisotopic (exact) mass is 290 g/mol. The molecule has 2 rings (SSSR count). The van der Waals surface area contributed by atoms with Gasteiger partial charge < -0.3 is 5.32 Å². The van der Waals surface area contributed by atoms with Crippen LogP contribution >= 0.6 is 0 Å². The zero-order valence-electron chi connectivity index (χ0n) is 13.5. The molecular formula is C18H30N2O. The minimum atomic E-state index is 0.391. The molecule has 0 aromatic heterocycles. The van der Waals surface area contributed by atoms with Crippen molar-refractivity contribution in [1.82, 2.24) is 5.32 Å². The number of hydrogen-bond acceptors (Lipinski definition) is 3. The maximum Gasteiger partial charge on any atom is 0.132 e. The van der Waals surface area contributed by atoms with E-state index >= 15 is 0 Å². The van der Waals surface area contributed by atoms with Gasteiger partial charge in [-0.25, -0.2) is 0 Å². The van der Waals surface area contributed by atoms with Crippen molar-refractivity contribution in [3.8, 4) is 0 Å². The summed E-state index contributed by atoms with van der Waals surface area (Å²) in [7, 11) is 0. The Morgan fingerprint density at radius 2 is 1.95 bits per heavy atom. The van der Waals surface area contributed by atoms with Gasteiger partial charge in [-0.15, -0.1) is 0 Å². The van der Waals surface area contributed by atoms with Gasteiger partial charge in [-0.1, -0.05) is 19.9 Å². The SMILES string of the molecule is C=C(CCCCCC(=O)CC)C1=NCC2(CCNCC2)C1. The van der Waals surface area contributed by atoms with Crippen LogP contribution < -0.4 is 5.32 Å². The van der Waals surface area contributed by atoms with Crippen molar-refractivity contribution >= 4 is 11.5 Å². The molecule has 2 aliphatic heterocycles. The Bertz CT molecular complexity index is 405. The Morgan fingerprint density at radius 1 is 1.24 bits per heavy atom. The molecule has 1 spiro atoms. The summed E-state index contributed by atoms with van der Waals surface area (Å²) in [5, 5.41) is 3.44. The topological polar surface area (TPSA) is 41.5 Å². The molecule has 2 aliphatic rings. The molecule has 0 unspecified atom stereocenters. The van der Waals surface area contributed by atoms with Gasteiger partial charge in [0.15, 0.2) is 0 Å². The van der Waals surface area contributed by atoms with Gasteiger partial charge in [0.2, 0.25) is 0 Å². The van der Waals surface area contributed by atoms with E-state index < -0.39 is 0 Å². The molecule has 0 aromatic carbocycles. The van der Waals surface area contributed by atoms with Crippen LogP contribution in [0.5, 0.6) is 0 Å². The first-order valence-corrected chi connectivity index (χ1v) is 8.59. The number of allylic oxidation sites excluding steroid dienone is 1. The highest BCUT2D eigenvalue weighted by atomic mass is 16.1. The first kappa shape index (κ1) is 16.4. The molecule has 1 N–H and O–H groups in total. The summed E-state index contributed by atoms with van der Waals surface area (Å²) in [4.78, 5) is 16.0. The van der Waals surface area contributed by atoms with Crippen LogP contribution in [0.25, 0.3) is 0 Å². The average Bonchev–Trinajstić information content (AvgIpc) is 2.91. The number of ketones is 1. The van der Waals surface area contributed by atoms with E-state index in [9.17, 15) is 4.79 Å². The molecule has 2 heterocycles. The van der Waals surface area contributed by atoms with Gasteiger partial charge in [-0.3, -0.25) is 9.79 Å². The van der Waals surface area contributed by atoms with E-state index in [2.05, 4.69) is 11.9 Å². The molecule has 118 valence electrons. The number of Topliss-reactive ketones (excluding diaryl/α,β-unsaturated/α-hetero) is 1. The van der Waals surface area contributed by atoms with E-state index in [1.54, 1.807) is 0 Å². The predicted octanol–water partition coefficient (Wildman–Crippen LogP) is 3.69. The van der Waals surface area contributed by atoms with Crippen LogP contribution in [0.2, 0.25) is 0 Å². The molecular weight excluding hydrogens is 260 g/mol. The van der Waals surface area contributed by atoms with Gasteiger partial charge in [0.1, 0.15) is 5.78 Å². The van der Waals surface area contributed by atoms with Crippen LogP contribution in [0.15, 0.2) is 17.1 Å². The predicted molar refractivity (Wildman–Crippen MR) is 89.0 cm³/mol. The number of carbonyl (C=O) groups is 1. The van der Waals surface area contributed by atoms with E-state index in [4.69, 9.17) is 4.99 Å². The summed E-state index contributed by atoms with van der Waals surface area (Å²) in [6, 6.07) is 0. The molecule has 0 atom stereocenters. The smallest absolute Gasteiger partial charge is 0.132 e. The van der Waals surface area contributed by atoms with Gasteiger partial charge in [0.05, 0.1) is 0 Å². The maximum absolute atomic E-state index is 11.2. The van der Waals surface area contributed by atoms with Gasteiger partial charge in [0, 0.05) is 25.1 Å². The molecule has 21 heavy (non-hydrogen) atoms. The summed E-state index contributed by atoms with van der Waals surface area (Å²) in [5.74, 6) is 0.391. The highest BCUT2D eigenvalue weighted by Gasteiger charge is 2.37. The molecule has 0 amide bonds. The highest BCUT2D eigenvalue weighted by molar-refractivity contribution is 6.01. The Hall–Kier alpha value is -0.960. The first-order chi connectivity index (χ1) is 10.2. The van der Waals surface area contributed by atoms with Crippen molar-refractivity contribution < 1.29 is 4.79 Å². The third kappa shape index (κ3) is 4.77. The number of nitrogens with one attached hydrogen (secondary N) is 1. The Morgan fingerprint density at radius 3 is 2.67 bits per heavy atom. The Balaban J connectivity index is 1.64. The van der Waals surface area contributed by atoms with Gasteiger partial charge in [-0.05, 0) is 62.6 Å². The van der Waals surface area contributed by atoms with E-state index in [1.165, 1.54) is 24.1 Å². The summed E-state index contributed by atoms with van der Waals surface area (Å²) >= 11 is 0. The molecule has 1 saturated heterocycles. The second-order valence-electron chi connectivity index (χ2n) is 6.75. The van der Waals surface area contributed by atoms with Crippen LogP contribution in [-0.2, 0) is 4.79 Å². The molecule has 0 radical (unpaired) electrons. The van der Waals surface area contributed by atoms with Crippen LogP contribution in [-0.4, -0.2) is 31.1 Å². The first-order valence-electron chi connectivity index (χ1n) is 8.59. The van der Waals surface area contributed by atoms with Crippen LogP contribution in [0.3, 0.4) is 0 Å². The summed E-state index contributed by atoms with van der Waals surface area (Å²) in [6.07, 6.45) is 9.44. The standard InChI is InChI=1S/C18H30N2O/c1-3-16(21)8-6-4-5-7-15(2)17-13-18(14-20-17)9-11-19-12-10-18/h19H,2-14H2,1H3. The van der Waals surface area contributed by atoms with Crippen LogP contribution in [0, 0.1) is 5.41 Å². The zero-order chi connectivity index (χ0) is 15.1. The lowest BCUT2D eigenvalue weighted by Gasteiger charge is -2.33. The molecule has 3 nitrogen and oxygen atoms in total. The molecule has 0 aliphatic carbocycles. The Kier molecular flexibility index (Phi) is 6.16. The van der Waals surface area contributed by atoms with Crippen molar-refractivity contribution in [2.45, 2.75) is 64.7 Å². The van der Waals surface area contributed by atoms with E-state index in [1.807, 2.05) is 6.92 Å². The third-order valence-corrected chi connectivity index (χ3v) is 5.05. The second-order valence-corrected chi connectivity index (χ2v) is 6.75. The van der Waals surface area contributed by atoms with Crippen molar-refractivity contribution in [3.63, 3.8) is 0 Å². The van der Waals surface area contributed by atoms with E-state index in [0.29, 0.717) is 17.6 Å². The highest BCUT2D eigenvalue weighted by Crippen LogP contribution is 2.39. The molecule has 0 bridgehead atoms. The lowest BCUT2D eigenvalue weighted by molar-refractivity contribution is -0.118. The van der Waals surface area contributed by atoms with Crippen molar-refractivity contribution in [2.75, 3.05) is 19.6 Å². The fourth-order valence-electron chi connectivity index (χ4n) is 3.42. The fourth-order valence-corrected chi connectivity index (χ4v) is 3.42. The number of rotatable bonds is 8. The third-order valence-electron chi connectivity index (χ3n) is 5.05. The number of hydrogen-bond donors (Lipinski definition) is 1. The fraction of sp³-hybridized carbons (Fsp3) is 0.778. The van der Waals surface area contributed by atoms with E-state index in [-0.39, 0.29) is 0 Å². The van der Waals surface area contributed by atoms with Gasteiger partial charge in [-0.2, -0.15) is 0 Å². The number of carbonyl (C=O) groups excluding carboxylic acids is 1. The number of piperidine rings is 1. The van der Waals surface area contributed by atoms with Crippen molar-refractivity contribution in [1.29, 1.82) is 0 Å². The minimum absolute atomic E-state index is 0.391. The van der Waals surface area contributed by atoms with Gasteiger partial charge >= 0.3 is 0 Å². The summed E-state index contributed by atoms with van der Waals surface area (Å²) < 4.78 is 0. The minimum Gasteiger partial charge on any atom is -0.317 e. The number of nitrogens with zero attached hydrogens (tertiary/aromatic N) is 1. The molecule has 1 fully saturated rings. The van der Waals surface area contributed by atoms with Crippen molar-refractivity contribution in [2.24, 2.45) is 10.4 Å². The summed E-state index contributed by atoms with van der Waals surface area (Å²) in [5.41, 5.74) is 2.96. The quantitative estimate of drug-likeness (QED) is 0.693. The molecule has 0 aromatic rings. The number of unbranched alkanes of at least 4 members (excludes halogenated alkanes) is 2. The number of aliphatic imine (C=N–C) groups is 1. The maximum atomic E-state index is 11.2. The lowest BCUT2D eigenvalue weighted by atomic mass is 9.76. The molecule has 3 heteroatoms.